The molecule has 3 saturated heterocycles. The molecule has 0 saturated carbocycles. The lowest BCUT2D eigenvalue weighted by atomic mass is 9.71. The molecule has 2 bridgehead atoms. The van der Waals surface area contributed by atoms with E-state index in [0.29, 0.717) is 11.5 Å². The maximum absolute atomic E-state index is 12.9. The number of alkyl halides is 3. The number of rotatable bonds is 5. The molecule has 170 valence electrons. The average Bonchev–Trinajstić information content (AvgIpc) is 2.85. The van der Waals surface area contributed by atoms with E-state index in [9.17, 15) is 13.2 Å². The quantitative estimate of drug-likeness (QED) is 0.411. The minimum absolute atomic E-state index is 0.0974. The van der Waals surface area contributed by atoms with Crippen LogP contribution in [0.3, 0.4) is 0 Å². The van der Waals surface area contributed by atoms with Gasteiger partial charge in [-0.15, -0.1) is 0 Å². The zero-order valence-electron chi connectivity index (χ0n) is 18.3. The molecule has 2 nitrogen and oxygen atoms in total. The van der Waals surface area contributed by atoms with E-state index in [1.165, 1.54) is 23.3 Å². The van der Waals surface area contributed by atoms with Crippen LogP contribution in [0.15, 0.2) is 89.9 Å². The second kappa shape index (κ2) is 9.14. The topological polar surface area (TPSA) is 15.6 Å². The molecule has 3 heterocycles. The van der Waals surface area contributed by atoms with E-state index in [-0.39, 0.29) is 18.0 Å². The highest BCUT2D eigenvalue weighted by Crippen LogP contribution is 2.43. The molecule has 0 N–H and O–H groups in total. The summed E-state index contributed by atoms with van der Waals surface area (Å²) in [5, 5.41) is 0. The SMILES string of the molecule is FC(F)(F)c1ccc(C=N[C@@H]2C3CCN(CC3)[C@@H]2C(c2ccccc2)c2ccccc2)cc1. The van der Waals surface area contributed by atoms with E-state index >= 15 is 0 Å². The molecule has 0 aromatic heterocycles. The van der Waals surface area contributed by atoms with Gasteiger partial charge in [0.2, 0.25) is 0 Å². The van der Waals surface area contributed by atoms with Crippen LogP contribution in [-0.4, -0.2) is 36.3 Å². The number of piperidine rings is 3. The molecule has 3 aromatic carbocycles. The molecule has 0 amide bonds. The van der Waals surface area contributed by atoms with Gasteiger partial charge in [0.25, 0.3) is 0 Å². The highest BCUT2D eigenvalue weighted by molar-refractivity contribution is 5.79. The Morgan fingerprint density at radius 2 is 1.33 bits per heavy atom. The zero-order valence-corrected chi connectivity index (χ0v) is 18.3. The van der Waals surface area contributed by atoms with Gasteiger partial charge in [-0.05, 0) is 60.7 Å². The maximum Gasteiger partial charge on any atom is 0.416 e. The molecular weight excluding hydrogens is 421 g/mol. The third-order valence-electron chi connectivity index (χ3n) is 7.12. The monoisotopic (exact) mass is 448 g/mol. The van der Waals surface area contributed by atoms with Gasteiger partial charge in [0.15, 0.2) is 0 Å². The highest BCUT2D eigenvalue weighted by Gasteiger charge is 2.46. The number of aliphatic imine (C=N–C) groups is 1. The smallest absolute Gasteiger partial charge is 0.297 e. The van der Waals surface area contributed by atoms with Crippen molar-refractivity contribution in [2.24, 2.45) is 10.9 Å². The average molecular weight is 449 g/mol. The Bertz CT molecular complexity index is 1030. The van der Waals surface area contributed by atoms with Crippen LogP contribution in [0, 0.1) is 5.92 Å². The molecule has 3 fully saturated rings. The van der Waals surface area contributed by atoms with Crippen molar-refractivity contribution < 1.29 is 13.2 Å². The summed E-state index contributed by atoms with van der Waals surface area (Å²) in [4.78, 5) is 7.60. The third kappa shape index (κ3) is 4.60. The maximum atomic E-state index is 12.9. The van der Waals surface area contributed by atoms with Crippen molar-refractivity contribution in [3.63, 3.8) is 0 Å². The molecular formula is C28H27F3N2. The molecule has 33 heavy (non-hydrogen) atoms. The first-order valence-electron chi connectivity index (χ1n) is 11.5. The van der Waals surface area contributed by atoms with Gasteiger partial charge >= 0.3 is 6.18 Å². The predicted molar refractivity (Wildman–Crippen MR) is 126 cm³/mol. The van der Waals surface area contributed by atoms with E-state index in [1.54, 1.807) is 6.21 Å². The van der Waals surface area contributed by atoms with Crippen LogP contribution in [0.1, 0.15) is 41.0 Å². The summed E-state index contributed by atoms with van der Waals surface area (Å²) in [6, 6.07) is 26.8. The van der Waals surface area contributed by atoms with E-state index in [2.05, 4.69) is 53.4 Å². The van der Waals surface area contributed by atoms with Crippen molar-refractivity contribution in [3.05, 3.63) is 107 Å². The molecule has 5 heteroatoms. The molecule has 6 rings (SSSR count). The lowest BCUT2D eigenvalue weighted by molar-refractivity contribution is -0.137. The second-order valence-corrected chi connectivity index (χ2v) is 9.05. The van der Waals surface area contributed by atoms with Crippen molar-refractivity contribution in [2.45, 2.75) is 37.0 Å². The van der Waals surface area contributed by atoms with Crippen LogP contribution in [0.4, 0.5) is 13.2 Å². The summed E-state index contributed by atoms with van der Waals surface area (Å²) in [5.74, 6) is 0.672. The van der Waals surface area contributed by atoms with Gasteiger partial charge in [0, 0.05) is 18.2 Å². The van der Waals surface area contributed by atoms with Gasteiger partial charge in [-0.3, -0.25) is 9.89 Å². The molecule has 3 aliphatic rings. The first kappa shape index (κ1) is 21.9. The van der Waals surface area contributed by atoms with Gasteiger partial charge in [-0.2, -0.15) is 13.2 Å². The van der Waals surface area contributed by atoms with E-state index < -0.39 is 11.7 Å². The fraction of sp³-hybridized carbons (Fsp3) is 0.321. The summed E-state index contributed by atoms with van der Waals surface area (Å²) in [7, 11) is 0. The van der Waals surface area contributed by atoms with Gasteiger partial charge < -0.3 is 0 Å². The van der Waals surface area contributed by atoms with E-state index in [1.807, 2.05) is 12.1 Å². The Hall–Kier alpha value is -2.92. The summed E-state index contributed by atoms with van der Waals surface area (Å²) in [6.07, 6.45) is -0.328. The number of nitrogens with zero attached hydrogens (tertiary/aromatic N) is 2. The normalized spacial score (nSPS) is 25.1. The van der Waals surface area contributed by atoms with E-state index in [0.717, 1.165) is 38.1 Å². The first-order valence-corrected chi connectivity index (χ1v) is 11.5. The fourth-order valence-corrected chi connectivity index (χ4v) is 5.51. The van der Waals surface area contributed by atoms with Crippen molar-refractivity contribution in [1.29, 1.82) is 0 Å². The Balaban J connectivity index is 1.50. The van der Waals surface area contributed by atoms with Gasteiger partial charge in [-0.25, -0.2) is 0 Å². The summed E-state index contributed by atoms with van der Waals surface area (Å²) < 4.78 is 38.8. The highest BCUT2D eigenvalue weighted by atomic mass is 19.4. The van der Waals surface area contributed by atoms with Crippen LogP contribution < -0.4 is 0 Å². The van der Waals surface area contributed by atoms with Crippen LogP contribution in [0.5, 0.6) is 0 Å². The number of hydrogen-bond donors (Lipinski definition) is 0. The van der Waals surface area contributed by atoms with Crippen LogP contribution in [0.2, 0.25) is 0 Å². The van der Waals surface area contributed by atoms with Gasteiger partial charge in [-0.1, -0.05) is 72.8 Å². The summed E-state index contributed by atoms with van der Waals surface area (Å²) in [5.41, 5.74) is 2.62. The Labute approximate surface area is 192 Å². The molecule has 0 aliphatic carbocycles. The third-order valence-corrected chi connectivity index (χ3v) is 7.12. The van der Waals surface area contributed by atoms with E-state index in [4.69, 9.17) is 4.99 Å². The molecule has 3 aromatic rings. The van der Waals surface area contributed by atoms with Crippen LogP contribution in [0.25, 0.3) is 0 Å². The number of fused-ring (bicyclic) bond motifs is 3. The minimum Gasteiger partial charge on any atom is -0.297 e. The fourth-order valence-electron chi connectivity index (χ4n) is 5.51. The van der Waals surface area contributed by atoms with Gasteiger partial charge in [0.05, 0.1) is 11.6 Å². The number of benzene rings is 3. The molecule has 0 spiro atoms. The predicted octanol–water partition coefficient (Wildman–Crippen LogP) is 6.42. The molecule has 3 aliphatic heterocycles. The summed E-state index contributed by atoms with van der Waals surface area (Å²) >= 11 is 0. The molecule has 2 atom stereocenters. The van der Waals surface area contributed by atoms with Crippen molar-refractivity contribution in [2.75, 3.05) is 13.1 Å². The lowest BCUT2D eigenvalue weighted by Gasteiger charge is -2.52. The Morgan fingerprint density at radius 3 is 1.85 bits per heavy atom. The largest absolute Gasteiger partial charge is 0.416 e. The summed E-state index contributed by atoms with van der Waals surface area (Å²) in [6.45, 7) is 2.13. The molecule has 0 radical (unpaired) electrons. The van der Waals surface area contributed by atoms with Crippen LogP contribution in [-0.2, 0) is 6.18 Å². The second-order valence-electron chi connectivity index (χ2n) is 9.05. The number of hydrogen-bond acceptors (Lipinski definition) is 2. The Kier molecular flexibility index (Phi) is 6.07. The van der Waals surface area contributed by atoms with Gasteiger partial charge in [0.1, 0.15) is 0 Å². The van der Waals surface area contributed by atoms with Crippen molar-refractivity contribution in [3.8, 4) is 0 Å². The Morgan fingerprint density at radius 1 is 0.788 bits per heavy atom. The first-order chi connectivity index (χ1) is 16.0. The van der Waals surface area contributed by atoms with Crippen molar-refractivity contribution >= 4 is 6.21 Å². The lowest BCUT2D eigenvalue weighted by Crippen LogP contribution is -2.59. The minimum atomic E-state index is -4.32. The van der Waals surface area contributed by atoms with Crippen LogP contribution >= 0.6 is 0 Å². The zero-order chi connectivity index (χ0) is 22.8. The number of halogens is 3. The standard InChI is InChI=1S/C28H27F3N2/c29-28(30,31)24-13-11-20(12-14-24)19-32-26-23-15-17-33(18-16-23)27(26)25(21-7-3-1-4-8-21)22-9-5-2-6-10-22/h1-14,19,23,25-27H,15-18H2/t26-,27-/m1/s1. The van der Waals surface area contributed by atoms with Crippen molar-refractivity contribution in [1.82, 2.24) is 4.90 Å². The molecule has 0 unspecified atom stereocenters.